The number of hydrogen-bond acceptors (Lipinski definition) is 1. The predicted molar refractivity (Wildman–Crippen MR) is 55.1 cm³/mol. The van der Waals surface area contributed by atoms with E-state index in [0.29, 0.717) is 0 Å². The quantitative estimate of drug-likeness (QED) is 0.587. The second-order valence-corrected chi connectivity index (χ2v) is 2.65. The van der Waals surface area contributed by atoms with E-state index in [1.807, 2.05) is 19.1 Å². The molecule has 0 N–H and O–H groups in total. The maximum Gasteiger partial charge on any atom is 0.0700 e. The third-order valence-corrected chi connectivity index (χ3v) is 1.67. The summed E-state index contributed by atoms with van der Waals surface area (Å²) < 4.78 is 0. The number of nitrogens with zero attached hydrogens (tertiary/aromatic N) is 1. The smallest absolute Gasteiger partial charge is 0.0700 e. The maximum absolute atomic E-state index is 4.24. The molecule has 0 saturated carbocycles. The third-order valence-electron chi connectivity index (χ3n) is 1.67. The zero-order chi connectivity index (χ0) is 8.97. The highest BCUT2D eigenvalue weighted by molar-refractivity contribution is 5.69. The molecule has 0 unspecified atom stereocenters. The van der Waals surface area contributed by atoms with Crippen molar-refractivity contribution in [2.24, 2.45) is 4.99 Å². The second kappa shape index (κ2) is 3.86. The molecule has 0 saturated heterocycles. The predicted octanol–water partition coefficient (Wildman–Crippen LogP) is 3.36. The highest BCUT2D eigenvalue weighted by Crippen LogP contribution is 2.21. The summed E-state index contributed by atoms with van der Waals surface area (Å²) in [7, 11) is 0. The third kappa shape index (κ3) is 1.82. The first-order valence-corrected chi connectivity index (χ1v) is 3.99. The minimum absolute atomic E-state index is 0.993. The van der Waals surface area contributed by atoms with Gasteiger partial charge in [0.1, 0.15) is 0 Å². The number of hydrogen-bond donors (Lipinski definition) is 0. The van der Waals surface area contributed by atoms with E-state index in [1.165, 1.54) is 5.56 Å². The van der Waals surface area contributed by atoms with Gasteiger partial charge in [-0.2, -0.15) is 0 Å². The van der Waals surface area contributed by atoms with Crippen molar-refractivity contribution in [3.63, 3.8) is 0 Å². The Morgan fingerprint density at radius 1 is 1.42 bits per heavy atom. The fourth-order valence-corrected chi connectivity index (χ4v) is 1.08. The molecule has 0 fully saturated rings. The monoisotopic (exact) mass is 159 g/mol. The average Bonchev–Trinajstić information content (AvgIpc) is 2.05. The minimum Gasteiger partial charge on any atom is -0.261 e. The summed E-state index contributed by atoms with van der Waals surface area (Å²) in [5.74, 6) is 0. The van der Waals surface area contributed by atoms with E-state index < -0.39 is 0 Å². The van der Waals surface area contributed by atoms with Gasteiger partial charge < -0.3 is 0 Å². The van der Waals surface area contributed by atoms with Gasteiger partial charge in [-0.1, -0.05) is 24.8 Å². The second-order valence-electron chi connectivity index (χ2n) is 2.65. The summed E-state index contributed by atoms with van der Waals surface area (Å²) in [6.07, 6.45) is 3.61. The molecule has 0 heterocycles. The molecule has 1 rings (SSSR count). The van der Waals surface area contributed by atoms with Crippen LogP contribution in [0.5, 0.6) is 0 Å². The molecule has 0 spiro atoms. The van der Waals surface area contributed by atoms with Crippen LogP contribution >= 0.6 is 0 Å². The fraction of sp³-hybridized carbons (Fsp3) is 0.182. The van der Waals surface area contributed by atoms with E-state index in [9.17, 15) is 0 Å². The van der Waals surface area contributed by atoms with Crippen LogP contribution in [0.4, 0.5) is 5.69 Å². The Bertz CT molecular complexity index is 311. The molecule has 0 aliphatic heterocycles. The summed E-state index contributed by atoms with van der Waals surface area (Å²) in [5, 5.41) is 0. The summed E-state index contributed by atoms with van der Waals surface area (Å²) in [4.78, 5) is 4.24. The van der Waals surface area contributed by atoms with Crippen molar-refractivity contribution >= 4 is 18.0 Å². The van der Waals surface area contributed by atoms with Crippen LogP contribution in [-0.2, 0) is 0 Å². The van der Waals surface area contributed by atoms with E-state index in [4.69, 9.17) is 0 Å². The molecule has 0 aliphatic rings. The molecule has 1 aromatic carbocycles. The zero-order valence-corrected chi connectivity index (χ0v) is 7.54. The van der Waals surface area contributed by atoms with Crippen LogP contribution in [0.2, 0.25) is 0 Å². The minimum atomic E-state index is 0.993. The van der Waals surface area contributed by atoms with Crippen molar-refractivity contribution in [3.05, 3.63) is 35.9 Å². The molecule has 0 aliphatic carbocycles. The van der Waals surface area contributed by atoms with Gasteiger partial charge in [0.15, 0.2) is 0 Å². The average molecular weight is 159 g/mol. The van der Waals surface area contributed by atoms with Gasteiger partial charge in [0.2, 0.25) is 0 Å². The summed E-state index contributed by atoms with van der Waals surface area (Å²) in [6.45, 7) is 7.70. The lowest BCUT2D eigenvalue weighted by molar-refractivity contribution is 1.42. The molecule has 0 radical (unpaired) electrons. The Labute approximate surface area is 73.5 Å². The Kier molecular flexibility index (Phi) is 2.81. The van der Waals surface area contributed by atoms with E-state index in [-0.39, 0.29) is 0 Å². The van der Waals surface area contributed by atoms with Crippen molar-refractivity contribution in [1.82, 2.24) is 0 Å². The normalized spacial score (nSPS) is 10.5. The van der Waals surface area contributed by atoms with Crippen LogP contribution in [-0.4, -0.2) is 6.21 Å². The first-order valence-electron chi connectivity index (χ1n) is 3.99. The largest absolute Gasteiger partial charge is 0.261 e. The molecular formula is C11H13N. The Balaban J connectivity index is 3.20. The summed E-state index contributed by atoms with van der Waals surface area (Å²) in [5.41, 5.74) is 3.30. The van der Waals surface area contributed by atoms with Crippen molar-refractivity contribution in [2.75, 3.05) is 0 Å². The van der Waals surface area contributed by atoms with Gasteiger partial charge in [0, 0.05) is 6.21 Å². The van der Waals surface area contributed by atoms with Crippen molar-refractivity contribution in [3.8, 4) is 0 Å². The van der Waals surface area contributed by atoms with Crippen LogP contribution in [0, 0.1) is 6.92 Å². The zero-order valence-electron chi connectivity index (χ0n) is 7.54. The number of aryl methyl sites for hydroxylation is 1. The molecule has 12 heavy (non-hydrogen) atoms. The van der Waals surface area contributed by atoms with Gasteiger partial charge in [-0.3, -0.25) is 4.99 Å². The van der Waals surface area contributed by atoms with Crippen LogP contribution in [0.15, 0.2) is 29.8 Å². The highest BCUT2D eigenvalue weighted by Gasteiger charge is 1.95. The van der Waals surface area contributed by atoms with Crippen LogP contribution in [0.25, 0.3) is 6.08 Å². The van der Waals surface area contributed by atoms with Crippen LogP contribution in [0.3, 0.4) is 0 Å². The summed E-state index contributed by atoms with van der Waals surface area (Å²) >= 11 is 0. The number of aliphatic imine (C=N–C) groups is 1. The van der Waals surface area contributed by atoms with Gasteiger partial charge >= 0.3 is 0 Å². The first-order chi connectivity index (χ1) is 5.77. The number of benzene rings is 1. The highest BCUT2D eigenvalue weighted by atomic mass is 14.7. The Morgan fingerprint density at radius 3 is 2.75 bits per heavy atom. The lowest BCUT2D eigenvalue weighted by Gasteiger charge is -2.00. The first kappa shape index (κ1) is 8.72. The molecular weight excluding hydrogens is 146 g/mol. The van der Waals surface area contributed by atoms with Gasteiger partial charge in [-0.25, -0.2) is 0 Å². The molecule has 0 atom stereocenters. The molecule has 1 heteroatoms. The van der Waals surface area contributed by atoms with Gasteiger partial charge in [-0.15, -0.1) is 0 Å². The van der Waals surface area contributed by atoms with Gasteiger partial charge in [0.25, 0.3) is 0 Å². The Hall–Kier alpha value is -1.37. The lowest BCUT2D eigenvalue weighted by atomic mass is 10.1. The van der Waals surface area contributed by atoms with E-state index >= 15 is 0 Å². The number of rotatable bonds is 2. The van der Waals surface area contributed by atoms with E-state index in [1.54, 1.807) is 6.21 Å². The van der Waals surface area contributed by atoms with Gasteiger partial charge in [0.05, 0.1) is 5.69 Å². The molecule has 0 aromatic heterocycles. The van der Waals surface area contributed by atoms with Gasteiger partial charge in [-0.05, 0) is 31.0 Å². The van der Waals surface area contributed by atoms with Crippen LogP contribution in [0.1, 0.15) is 18.1 Å². The Morgan fingerprint density at radius 2 is 2.17 bits per heavy atom. The van der Waals surface area contributed by atoms with E-state index in [0.717, 1.165) is 11.3 Å². The molecule has 0 bridgehead atoms. The maximum atomic E-state index is 4.24. The molecule has 1 nitrogen and oxygen atoms in total. The lowest BCUT2D eigenvalue weighted by Crippen LogP contribution is -1.77. The standard InChI is InChI=1S/C11H13N/c1-4-10-7-6-9(3)8-11(10)12-5-2/h4-8H,1H2,2-3H3/b12-5-. The fourth-order valence-electron chi connectivity index (χ4n) is 1.08. The summed E-state index contributed by atoms with van der Waals surface area (Å²) in [6, 6.07) is 6.15. The molecule has 1 aromatic rings. The molecule has 0 amide bonds. The molecule has 62 valence electrons. The van der Waals surface area contributed by atoms with Crippen molar-refractivity contribution in [2.45, 2.75) is 13.8 Å². The van der Waals surface area contributed by atoms with Crippen LogP contribution < -0.4 is 0 Å². The van der Waals surface area contributed by atoms with Crippen molar-refractivity contribution < 1.29 is 0 Å². The SMILES string of the molecule is C=Cc1ccc(C)cc1/N=C\C. The van der Waals surface area contributed by atoms with Crippen molar-refractivity contribution in [1.29, 1.82) is 0 Å². The topological polar surface area (TPSA) is 12.4 Å². The van der Waals surface area contributed by atoms with E-state index in [2.05, 4.69) is 30.6 Å².